The maximum absolute atomic E-state index is 11.7. The molecular formula is C12H7Br3N2O2S. The lowest BCUT2D eigenvalue weighted by Gasteiger charge is -2.06. The van der Waals surface area contributed by atoms with Crippen molar-refractivity contribution < 1.29 is 9.90 Å². The second kappa shape index (κ2) is 6.84. The molecule has 0 aliphatic heterocycles. The van der Waals surface area contributed by atoms with Crippen molar-refractivity contribution in [3.8, 4) is 5.75 Å². The van der Waals surface area contributed by atoms with Gasteiger partial charge in [0.1, 0.15) is 5.75 Å². The Bertz CT molecular complexity index is 672. The first-order chi connectivity index (χ1) is 9.50. The average Bonchev–Trinajstić information content (AvgIpc) is 2.94. The number of hydrogen-bond acceptors (Lipinski definition) is 4. The van der Waals surface area contributed by atoms with Crippen molar-refractivity contribution in [1.29, 1.82) is 0 Å². The van der Waals surface area contributed by atoms with E-state index in [1.807, 2.05) is 5.38 Å². The van der Waals surface area contributed by atoms with Gasteiger partial charge in [-0.05, 0) is 49.4 Å². The van der Waals surface area contributed by atoms with E-state index < -0.39 is 0 Å². The molecule has 1 aromatic carbocycles. The van der Waals surface area contributed by atoms with Crippen molar-refractivity contribution in [2.45, 2.75) is 0 Å². The minimum atomic E-state index is -0.273. The second-order valence-corrected chi connectivity index (χ2v) is 7.04. The molecule has 8 heteroatoms. The minimum Gasteiger partial charge on any atom is -0.506 e. The third kappa shape index (κ3) is 3.49. The lowest BCUT2D eigenvalue weighted by atomic mass is 10.2. The Morgan fingerprint density at radius 1 is 1.35 bits per heavy atom. The molecule has 2 N–H and O–H groups in total. The molecule has 0 radical (unpaired) electrons. The normalized spacial score (nSPS) is 10.9. The molecule has 1 aromatic heterocycles. The average molecular weight is 483 g/mol. The number of nitrogens with zero attached hydrogens (tertiary/aromatic N) is 1. The van der Waals surface area contributed by atoms with Gasteiger partial charge in [-0.2, -0.15) is 5.10 Å². The predicted molar refractivity (Wildman–Crippen MR) is 90.6 cm³/mol. The van der Waals surface area contributed by atoms with Crippen molar-refractivity contribution in [3.63, 3.8) is 0 Å². The molecule has 2 rings (SSSR count). The summed E-state index contributed by atoms with van der Waals surface area (Å²) in [4.78, 5) is 12.3. The number of nitrogens with one attached hydrogen (secondary N) is 1. The Kier molecular flexibility index (Phi) is 5.36. The summed E-state index contributed by atoms with van der Waals surface area (Å²) in [6.07, 6.45) is 1.45. The molecule has 1 heterocycles. The van der Waals surface area contributed by atoms with Crippen LogP contribution in [-0.4, -0.2) is 17.2 Å². The van der Waals surface area contributed by atoms with Crippen LogP contribution < -0.4 is 5.43 Å². The highest BCUT2D eigenvalue weighted by molar-refractivity contribution is 9.11. The van der Waals surface area contributed by atoms with Crippen LogP contribution in [0.1, 0.15) is 15.2 Å². The van der Waals surface area contributed by atoms with E-state index in [2.05, 4.69) is 58.3 Å². The number of carbonyl (C=O) groups excluding carboxylic acids is 1. The van der Waals surface area contributed by atoms with E-state index >= 15 is 0 Å². The molecule has 0 atom stereocenters. The molecule has 0 saturated carbocycles. The SMILES string of the molecule is O=C(N/N=C/c1c(Br)cc(Br)c(O)c1Br)c1cccs1. The van der Waals surface area contributed by atoms with Crippen molar-refractivity contribution in [2.24, 2.45) is 5.10 Å². The number of thiophene rings is 1. The zero-order chi connectivity index (χ0) is 14.7. The molecule has 0 aliphatic carbocycles. The highest BCUT2D eigenvalue weighted by Crippen LogP contribution is 2.38. The summed E-state index contributed by atoms with van der Waals surface area (Å²) in [7, 11) is 0. The summed E-state index contributed by atoms with van der Waals surface area (Å²) >= 11 is 11.2. The fourth-order valence-corrected chi connectivity index (χ4v) is 4.27. The van der Waals surface area contributed by atoms with Gasteiger partial charge < -0.3 is 5.11 Å². The van der Waals surface area contributed by atoms with Crippen LogP contribution in [0.2, 0.25) is 0 Å². The smallest absolute Gasteiger partial charge is 0.281 e. The first-order valence-electron chi connectivity index (χ1n) is 5.24. The largest absolute Gasteiger partial charge is 0.506 e. The lowest BCUT2D eigenvalue weighted by Crippen LogP contribution is -2.16. The summed E-state index contributed by atoms with van der Waals surface area (Å²) in [5.74, 6) is -0.205. The van der Waals surface area contributed by atoms with Crippen LogP contribution in [0.25, 0.3) is 0 Å². The molecule has 0 bridgehead atoms. The number of halogens is 3. The Labute approximate surface area is 144 Å². The van der Waals surface area contributed by atoms with Gasteiger partial charge in [-0.3, -0.25) is 4.79 Å². The molecule has 0 unspecified atom stereocenters. The van der Waals surface area contributed by atoms with Crippen LogP contribution in [0.3, 0.4) is 0 Å². The first kappa shape index (κ1) is 15.7. The summed E-state index contributed by atoms with van der Waals surface area (Å²) in [5.41, 5.74) is 3.05. The first-order valence-corrected chi connectivity index (χ1v) is 8.50. The fourth-order valence-electron chi connectivity index (χ4n) is 1.33. The highest BCUT2D eigenvalue weighted by atomic mass is 79.9. The highest BCUT2D eigenvalue weighted by Gasteiger charge is 2.12. The third-order valence-electron chi connectivity index (χ3n) is 2.29. The van der Waals surface area contributed by atoms with Crippen molar-refractivity contribution >= 4 is 71.2 Å². The second-order valence-electron chi connectivity index (χ2n) is 3.59. The van der Waals surface area contributed by atoms with Gasteiger partial charge in [-0.25, -0.2) is 5.43 Å². The quantitative estimate of drug-likeness (QED) is 0.499. The molecule has 4 nitrogen and oxygen atoms in total. The van der Waals surface area contributed by atoms with Crippen LogP contribution in [0.4, 0.5) is 0 Å². The summed E-state index contributed by atoms with van der Waals surface area (Å²) in [5, 5.41) is 15.5. The van der Waals surface area contributed by atoms with E-state index in [1.54, 1.807) is 18.2 Å². The summed E-state index contributed by atoms with van der Waals surface area (Å²) in [6.45, 7) is 0. The number of hydrogen-bond donors (Lipinski definition) is 2. The van der Waals surface area contributed by atoms with E-state index in [-0.39, 0.29) is 11.7 Å². The van der Waals surface area contributed by atoms with Gasteiger partial charge in [-0.1, -0.05) is 22.0 Å². The van der Waals surface area contributed by atoms with E-state index in [9.17, 15) is 9.90 Å². The summed E-state index contributed by atoms with van der Waals surface area (Å²) in [6, 6.07) is 5.21. The third-order valence-corrected chi connectivity index (χ3v) is 5.22. The molecule has 1 amide bonds. The summed E-state index contributed by atoms with van der Waals surface area (Å²) < 4.78 is 1.76. The number of amides is 1. The van der Waals surface area contributed by atoms with E-state index in [1.165, 1.54) is 17.6 Å². The van der Waals surface area contributed by atoms with Crippen LogP contribution in [0.5, 0.6) is 5.75 Å². The van der Waals surface area contributed by atoms with E-state index in [4.69, 9.17) is 0 Å². The van der Waals surface area contributed by atoms with Gasteiger partial charge in [-0.15, -0.1) is 11.3 Å². The van der Waals surface area contributed by atoms with Crippen LogP contribution in [-0.2, 0) is 0 Å². The molecule has 104 valence electrons. The zero-order valence-corrected chi connectivity index (χ0v) is 15.3. The van der Waals surface area contributed by atoms with Gasteiger partial charge in [0.25, 0.3) is 5.91 Å². The number of carbonyl (C=O) groups is 1. The fraction of sp³-hybridized carbons (Fsp3) is 0. The Morgan fingerprint density at radius 3 is 2.75 bits per heavy atom. The van der Waals surface area contributed by atoms with E-state index in [0.29, 0.717) is 19.4 Å². The number of benzene rings is 1. The van der Waals surface area contributed by atoms with Crippen molar-refractivity contribution in [3.05, 3.63) is 47.4 Å². The Balaban J connectivity index is 2.16. The Hall–Kier alpha value is -0.700. The molecule has 2 aromatic rings. The minimum absolute atomic E-state index is 0.0687. The molecular weight excluding hydrogens is 476 g/mol. The van der Waals surface area contributed by atoms with Gasteiger partial charge >= 0.3 is 0 Å². The number of aromatic hydroxyl groups is 1. The predicted octanol–water partition coefficient (Wildman–Crippen LogP) is 4.51. The van der Waals surface area contributed by atoms with Crippen LogP contribution >= 0.6 is 59.1 Å². The molecule has 0 saturated heterocycles. The van der Waals surface area contributed by atoms with Gasteiger partial charge in [0.15, 0.2) is 0 Å². The van der Waals surface area contributed by atoms with Gasteiger partial charge in [0, 0.05) is 10.0 Å². The molecule has 0 fully saturated rings. The van der Waals surface area contributed by atoms with Crippen LogP contribution in [0.15, 0.2) is 42.1 Å². The number of phenols is 1. The number of rotatable bonds is 3. The standard InChI is InChI=1S/C12H7Br3N2O2S/c13-7-4-8(14)11(18)10(15)6(7)5-16-17-12(19)9-2-1-3-20-9/h1-5,18H,(H,17,19)/b16-5+. The van der Waals surface area contributed by atoms with Crippen LogP contribution in [0, 0.1) is 0 Å². The molecule has 0 aliphatic rings. The molecule has 0 spiro atoms. The number of phenolic OH excluding ortho intramolecular Hbond substituents is 1. The van der Waals surface area contributed by atoms with Crippen molar-refractivity contribution in [1.82, 2.24) is 5.43 Å². The Morgan fingerprint density at radius 2 is 2.10 bits per heavy atom. The van der Waals surface area contributed by atoms with Gasteiger partial charge in [0.05, 0.1) is 20.0 Å². The maximum atomic E-state index is 11.7. The zero-order valence-electron chi connectivity index (χ0n) is 9.73. The maximum Gasteiger partial charge on any atom is 0.281 e. The topological polar surface area (TPSA) is 61.7 Å². The molecule has 20 heavy (non-hydrogen) atoms. The number of hydrazone groups is 1. The lowest BCUT2D eigenvalue weighted by molar-refractivity contribution is 0.0959. The van der Waals surface area contributed by atoms with Crippen molar-refractivity contribution in [2.75, 3.05) is 0 Å². The van der Waals surface area contributed by atoms with Gasteiger partial charge in [0.2, 0.25) is 0 Å². The monoisotopic (exact) mass is 480 g/mol. The van der Waals surface area contributed by atoms with E-state index in [0.717, 1.165) is 4.47 Å².